The maximum absolute atomic E-state index is 13.7. The molecule has 0 aliphatic rings. The highest BCUT2D eigenvalue weighted by atomic mass is 16.6. The molecule has 35 heavy (non-hydrogen) atoms. The molecule has 0 aliphatic carbocycles. The maximum atomic E-state index is 13.7. The molecule has 0 fully saturated rings. The summed E-state index contributed by atoms with van der Waals surface area (Å²) in [7, 11) is 1.21. The van der Waals surface area contributed by atoms with Crippen molar-refractivity contribution in [3.8, 4) is 0 Å². The molecule has 0 aliphatic heterocycles. The number of methoxy groups -OCH3 is 1. The van der Waals surface area contributed by atoms with Crippen LogP contribution >= 0.6 is 0 Å². The van der Waals surface area contributed by atoms with E-state index in [1.165, 1.54) is 12.0 Å². The van der Waals surface area contributed by atoms with Gasteiger partial charge >= 0.3 is 12.1 Å². The number of aliphatic hydroxyl groups excluding tert-OH is 1. The first-order valence-corrected chi connectivity index (χ1v) is 11.6. The number of carbonyl (C=O) groups excluding carboxylic acids is 4. The SMILES string of the molecule is CCC(C)N(C(=O)C(CO)NC(=O)OC(C)(C)C)C(C(=O)NCC(=O)OC)c1cc(C)ccc1C. The summed E-state index contributed by atoms with van der Waals surface area (Å²) in [6.07, 6.45) is -0.380. The van der Waals surface area contributed by atoms with Gasteiger partial charge in [0.05, 0.1) is 13.7 Å². The largest absolute Gasteiger partial charge is 0.468 e. The zero-order valence-electron chi connectivity index (χ0n) is 21.9. The summed E-state index contributed by atoms with van der Waals surface area (Å²) in [5.74, 6) is -1.89. The van der Waals surface area contributed by atoms with Gasteiger partial charge in [-0.3, -0.25) is 14.4 Å². The molecule has 0 spiro atoms. The Bertz CT molecular complexity index is 911. The summed E-state index contributed by atoms with van der Waals surface area (Å²) in [5.41, 5.74) is 1.39. The minimum atomic E-state index is -1.35. The Labute approximate surface area is 207 Å². The zero-order chi connectivity index (χ0) is 26.9. The molecular formula is C25H39N3O7. The van der Waals surface area contributed by atoms with Crippen LogP contribution in [0.2, 0.25) is 0 Å². The van der Waals surface area contributed by atoms with Crippen molar-refractivity contribution in [1.29, 1.82) is 0 Å². The van der Waals surface area contributed by atoms with E-state index in [9.17, 15) is 24.3 Å². The molecule has 3 amide bonds. The number of esters is 1. The van der Waals surface area contributed by atoms with E-state index >= 15 is 0 Å². The molecule has 0 heterocycles. The predicted octanol–water partition coefficient (Wildman–Crippen LogP) is 2.15. The molecule has 0 saturated carbocycles. The van der Waals surface area contributed by atoms with Crippen molar-refractivity contribution in [1.82, 2.24) is 15.5 Å². The van der Waals surface area contributed by atoms with Crippen molar-refractivity contribution in [3.63, 3.8) is 0 Å². The quantitative estimate of drug-likeness (QED) is 0.425. The van der Waals surface area contributed by atoms with Crippen LogP contribution in [0.4, 0.5) is 4.79 Å². The number of alkyl carbamates (subject to hydrolysis) is 1. The van der Waals surface area contributed by atoms with Crippen LogP contribution in [-0.2, 0) is 23.9 Å². The van der Waals surface area contributed by atoms with Gasteiger partial charge in [0.25, 0.3) is 0 Å². The molecule has 1 rings (SSSR count). The Hall–Kier alpha value is -3.14. The van der Waals surface area contributed by atoms with Gasteiger partial charge in [0.2, 0.25) is 11.8 Å². The van der Waals surface area contributed by atoms with Gasteiger partial charge in [-0.1, -0.05) is 30.7 Å². The van der Waals surface area contributed by atoms with Crippen LogP contribution in [-0.4, -0.2) is 71.8 Å². The Morgan fingerprint density at radius 1 is 1.14 bits per heavy atom. The van der Waals surface area contributed by atoms with E-state index in [2.05, 4.69) is 15.4 Å². The summed E-state index contributed by atoms with van der Waals surface area (Å²) < 4.78 is 9.84. The first-order chi connectivity index (χ1) is 16.2. The van der Waals surface area contributed by atoms with Crippen molar-refractivity contribution >= 4 is 23.9 Å². The Morgan fingerprint density at radius 2 is 1.77 bits per heavy atom. The molecular weight excluding hydrogens is 454 g/mol. The lowest BCUT2D eigenvalue weighted by Gasteiger charge is -2.38. The second kappa shape index (κ2) is 13.1. The number of carbonyl (C=O) groups is 4. The lowest BCUT2D eigenvalue weighted by molar-refractivity contribution is -0.147. The molecule has 10 nitrogen and oxygen atoms in total. The van der Waals surface area contributed by atoms with Gasteiger partial charge in [-0.15, -0.1) is 0 Å². The van der Waals surface area contributed by atoms with E-state index in [0.717, 1.165) is 11.1 Å². The maximum Gasteiger partial charge on any atom is 0.408 e. The number of aliphatic hydroxyl groups is 1. The number of ether oxygens (including phenoxy) is 2. The summed E-state index contributed by atoms with van der Waals surface area (Å²) >= 11 is 0. The van der Waals surface area contributed by atoms with Crippen LogP contribution in [0.1, 0.15) is 63.8 Å². The average Bonchev–Trinajstić information content (AvgIpc) is 2.78. The minimum Gasteiger partial charge on any atom is -0.468 e. The second-order valence-electron chi connectivity index (χ2n) is 9.44. The van der Waals surface area contributed by atoms with Crippen LogP contribution in [0.15, 0.2) is 18.2 Å². The third kappa shape index (κ3) is 8.86. The predicted molar refractivity (Wildman–Crippen MR) is 131 cm³/mol. The molecule has 0 saturated heterocycles. The van der Waals surface area contributed by atoms with Gasteiger partial charge in [-0.05, 0) is 59.1 Å². The van der Waals surface area contributed by atoms with Crippen molar-refractivity contribution in [3.05, 3.63) is 34.9 Å². The number of aryl methyl sites for hydroxylation is 2. The summed E-state index contributed by atoms with van der Waals surface area (Å²) in [5, 5.41) is 14.9. The number of hydrogen-bond acceptors (Lipinski definition) is 7. The highest BCUT2D eigenvalue weighted by Crippen LogP contribution is 2.29. The van der Waals surface area contributed by atoms with E-state index in [4.69, 9.17) is 4.74 Å². The summed E-state index contributed by atoms with van der Waals surface area (Å²) in [6, 6.07) is 2.60. The van der Waals surface area contributed by atoms with Gasteiger partial charge < -0.3 is 30.1 Å². The van der Waals surface area contributed by atoms with Crippen LogP contribution in [0.25, 0.3) is 0 Å². The number of nitrogens with zero attached hydrogens (tertiary/aromatic N) is 1. The van der Waals surface area contributed by atoms with Gasteiger partial charge in [0.15, 0.2) is 0 Å². The monoisotopic (exact) mass is 493 g/mol. The minimum absolute atomic E-state index is 0.376. The highest BCUT2D eigenvalue weighted by molar-refractivity contribution is 5.93. The van der Waals surface area contributed by atoms with Gasteiger partial charge in [0, 0.05) is 6.04 Å². The molecule has 10 heteroatoms. The number of benzene rings is 1. The molecule has 3 atom stereocenters. The van der Waals surface area contributed by atoms with E-state index < -0.39 is 54.2 Å². The second-order valence-corrected chi connectivity index (χ2v) is 9.44. The number of rotatable bonds is 10. The van der Waals surface area contributed by atoms with Gasteiger partial charge in [-0.25, -0.2) is 4.79 Å². The standard InChI is InChI=1S/C25H39N3O7/c1-9-17(4)28(23(32)19(14-29)27-24(33)35-25(5,6)7)21(22(31)26-13-20(30)34-8)18-12-15(2)10-11-16(18)3/h10-12,17,19,21,29H,9,13-14H2,1-8H3,(H,26,31)(H,27,33). The molecule has 1 aromatic rings. The first-order valence-electron chi connectivity index (χ1n) is 11.6. The molecule has 0 bridgehead atoms. The Morgan fingerprint density at radius 3 is 2.29 bits per heavy atom. The topological polar surface area (TPSA) is 134 Å². The van der Waals surface area contributed by atoms with E-state index in [0.29, 0.717) is 12.0 Å². The molecule has 3 unspecified atom stereocenters. The lowest BCUT2D eigenvalue weighted by atomic mass is 9.94. The Kier molecular flexibility index (Phi) is 11.2. The van der Waals surface area contributed by atoms with Crippen LogP contribution in [0, 0.1) is 13.8 Å². The smallest absolute Gasteiger partial charge is 0.408 e. The number of nitrogens with one attached hydrogen (secondary N) is 2. The van der Waals surface area contributed by atoms with Crippen LogP contribution in [0.3, 0.4) is 0 Å². The number of amides is 3. The van der Waals surface area contributed by atoms with E-state index in [1.807, 2.05) is 32.9 Å². The van der Waals surface area contributed by atoms with E-state index in [1.54, 1.807) is 33.8 Å². The molecule has 0 aromatic heterocycles. The van der Waals surface area contributed by atoms with Crippen molar-refractivity contribution < 1.29 is 33.8 Å². The summed E-state index contributed by atoms with van der Waals surface area (Å²) in [6.45, 7) is 11.3. The van der Waals surface area contributed by atoms with Gasteiger partial charge in [-0.2, -0.15) is 0 Å². The molecule has 3 N–H and O–H groups in total. The molecule has 1 aromatic carbocycles. The average molecular weight is 494 g/mol. The fourth-order valence-corrected chi connectivity index (χ4v) is 3.41. The fraction of sp³-hybridized carbons (Fsp3) is 0.600. The molecule has 196 valence electrons. The zero-order valence-corrected chi connectivity index (χ0v) is 21.9. The van der Waals surface area contributed by atoms with Crippen molar-refractivity contribution in [2.75, 3.05) is 20.3 Å². The van der Waals surface area contributed by atoms with Crippen molar-refractivity contribution in [2.45, 2.75) is 78.6 Å². The third-order valence-electron chi connectivity index (χ3n) is 5.38. The summed E-state index contributed by atoms with van der Waals surface area (Å²) in [4.78, 5) is 52.5. The van der Waals surface area contributed by atoms with Crippen LogP contribution < -0.4 is 10.6 Å². The Balaban J connectivity index is 3.50. The normalized spacial score (nSPS) is 13.7. The highest BCUT2D eigenvalue weighted by Gasteiger charge is 2.39. The van der Waals surface area contributed by atoms with Gasteiger partial charge in [0.1, 0.15) is 24.2 Å². The lowest BCUT2D eigenvalue weighted by Crippen LogP contribution is -2.57. The first kappa shape index (κ1) is 29.9. The fourth-order valence-electron chi connectivity index (χ4n) is 3.41. The third-order valence-corrected chi connectivity index (χ3v) is 5.38. The molecule has 0 radical (unpaired) electrons. The van der Waals surface area contributed by atoms with E-state index in [-0.39, 0.29) is 6.54 Å². The van der Waals surface area contributed by atoms with Crippen LogP contribution in [0.5, 0.6) is 0 Å². The van der Waals surface area contributed by atoms with Crippen molar-refractivity contribution in [2.24, 2.45) is 0 Å². The number of hydrogen-bond donors (Lipinski definition) is 3.